The van der Waals surface area contributed by atoms with Gasteiger partial charge >= 0.3 is 0 Å². The van der Waals surface area contributed by atoms with E-state index in [4.69, 9.17) is 0 Å². The maximum absolute atomic E-state index is 11.4. The fourth-order valence-electron chi connectivity index (χ4n) is 1.11. The van der Waals surface area contributed by atoms with Crippen LogP contribution in [0.3, 0.4) is 0 Å². The van der Waals surface area contributed by atoms with E-state index in [0.717, 1.165) is 0 Å². The maximum Gasteiger partial charge on any atom is 0.280 e. The van der Waals surface area contributed by atoms with E-state index in [1.54, 1.807) is 6.07 Å². The number of nitro benzene ring substituents is 1. The van der Waals surface area contributed by atoms with Gasteiger partial charge in [-0.25, -0.2) is 0 Å². The van der Waals surface area contributed by atoms with Crippen LogP contribution >= 0.6 is 0 Å². The second kappa shape index (κ2) is 4.32. The summed E-state index contributed by atoms with van der Waals surface area (Å²) in [5.41, 5.74) is -0.0169. The summed E-state index contributed by atoms with van der Waals surface area (Å²) in [6.07, 6.45) is 1.55. The second-order valence-electron chi connectivity index (χ2n) is 2.69. The fraction of sp³-hybridized carbons (Fsp3) is 0.100. The molecule has 1 rings (SSSR count). The lowest BCUT2D eigenvalue weighted by Gasteiger charge is -1.98. The van der Waals surface area contributed by atoms with Crippen molar-refractivity contribution in [2.24, 2.45) is 0 Å². The van der Waals surface area contributed by atoms with Gasteiger partial charge in [0.2, 0.25) is 0 Å². The molecule has 0 bridgehead atoms. The van der Waals surface area contributed by atoms with Gasteiger partial charge < -0.3 is 0 Å². The number of nitrogens with zero attached hydrogens (tertiary/aromatic N) is 1. The minimum atomic E-state index is -0.559. The van der Waals surface area contributed by atoms with E-state index in [-0.39, 0.29) is 23.5 Å². The van der Waals surface area contributed by atoms with Gasteiger partial charge in [0, 0.05) is 12.5 Å². The summed E-state index contributed by atoms with van der Waals surface area (Å²) in [6, 6.07) is 5.90. The van der Waals surface area contributed by atoms with Crippen LogP contribution in [0.1, 0.15) is 16.8 Å². The van der Waals surface area contributed by atoms with Gasteiger partial charge in [-0.05, 0) is 6.07 Å². The van der Waals surface area contributed by atoms with E-state index in [2.05, 4.69) is 6.58 Å². The molecule has 72 valence electrons. The molecule has 0 saturated heterocycles. The van der Waals surface area contributed by atoms with E-state index in [1.165, 1.54) is 24.3 Å². The van der Waals surface area contributed by atoms with Crippen LogP contribution in [-0.2, 0) is 0 Å². The molecule has 0 aromatic heterocycles. The number of ketones is 1. The molecule has 1 aromatic rings. The Balaban J connectivity index is 3.12. The third-order valence-electron chi connectivity index (χ3n) is 1.73. The first kappa shape index (κ1) is 10.1. The Morgan fingerprint density at radius 1 is 1.50 bits per heavy atom. The topological polar surface area (TPSA) is 60.2 Å². The number of allylic oxidation sites excluding steroid dienone is 1. The molecule has 0 fully saturated rings. The third-order valence-corrected chi connectivity index (χ3v) is 1.73. The zero-order valence-corrected chi connectivity index (χ0v) is 7.47. The molecule has 4 heteroatoms. The molecule has 0 unspecified atom stereocenters. The van der Waals surface area contributed by atoms with Crippen molar-refractivity contribution in [1.29, 1.82) is 0 Å². The molecule has 1 aromatic carbocycles. The Bertz CT molecular complexity index is 385. The van der Waals surface area contributed by atoms with Crippen molar-refractivity contribution in [2.75, 3.05) is 0 Å². The van der Waals surface area contributed by atoms with E-state index >= 15 is 0 Å². The number of nitro groups is 1. The lowest BCUT2D eigenvalue weighted by atomic mass is 10.1. The third kappa shape index (κ3) is 2.04. The van der Waals surface area contributed by atoms with Crippen LogP contribution in [0.2, 0.25) is 0 Å². The highest BCUT2D eigenvalue weighted by molar-refractivity contribution is 6.00. The molecule has 0 spiro atoms. The summed E-state index contributed by atoms with van der Waals surface area (Å²) >= 11 is 0. The standard InChI is InChI=1S/C10H9NO3/c1-2-5-10(12)8-6-3-4-7-9(8)11(13)14/h2-4,6-7H,1,5H2. The predicted molar refractivity (Wildman–Crippen MR) is 52.2 cm³/mol. The molecule has 4 nitrogen and oxygen atoms in total. The fourth-order valence-corrected chi connectivity index (χ4v) is 1.11. The van der Waals surface area contributed by atoms with Gasteiger partial charge in [-0.2, -0.15) is 0 Å². The first-order chi connectivity index (χ1) is 6.66. The van der Waals surface area contributed by atoms with Crippen molar-refractivity contribution < 1.29 is 9.72 Å². The predicted octanol–water partition coefficient (Wildman–Crippen LogP) is 2.35. The molecule has 0 saturated carbocycles. The number of carbonyl (C=O) groups excluding carboxylic acids is 1. The number of hydrogen-bond acceptors (Lipinski definition) is 3. The van der Waals surface area contributed by atoms with Crippen LogP contribution in [0.5, 0.6) is 0 Å². The van der Waals surface area contributed by atoms with Crippen LogP contribution in [0.4, 0.5) is 5.69 Å². The van der Waals surface area contributed by atoms with Crippen molar-refractivity contribution in [3.8, 4) is 0 Å². The molecule has 0 heterocycles. The van der Waals surface area contributed by atoms with Gasteiger partial charge in [0.15, 0.2) is 5.78 Å². The Morgan fingerprint density at radius 2 is 2.14 bits per heavy atom. The Labute approximate surface area is 81.0 Å². The highest BCUT2D eigenvalue weighted by Gasteiger charge is 2.17. The number of rotatable bonds is 4. The second-order valence-corrected chi connectivity index (χ2v) is 2.69. The zero-order valence-electron chi connectivity index (χ0n) is 7.47. The summed E-state index contributed by atoms with van der Waals surface area (Å²) < 4.78 is 0. The van der Waals surface area contributed by atoms with Crippen molar-refractivity contribution in [2.45, 2.75) is 6.42 Å². The lowest BCUT2D eigenvalue weighted by molar-refractivity contribution is -0.385. The Morgan fingerprint density at radius 3 is 2.71 bits per heavy atom. The molecular formula is C10H9NO3. The molecular weight excluding hydrogens is 182 g/mol. The molecule has 0 aliphatic rings. The van der Waals surface area contributed by atoms with Gasteiger partial charge in [-0.3, -0.25) is 14.9 Å². The van der Waals surface area contributed by atoms with Crippen LogP contribution in [0, 0.1) is 10.1 Å². The Hall–Kier alpha value is -1.97. The average Bonchev–Trinajstić information content (AvgIpc) is 2.18. The van der Waals surface area contributed by atoms with E-state index in [0.29, 0.717) is 0 Å². The monoisotopic (exact) mass is 191 g/mol. The van der Waals surface area contributed by atoms with Gasteiger partial charge in [0.1, 0.15) is 0 Å². The Kier molecular flexibility index (Phi) is 3.12. The van der Waals surface area contributed by atoms with Crippen molar-refractivity contribution in [1.82, 2.24) is 0 Å². The van der Waals surface area contributed by atoms with Gasteiger partial charge in [0.25, 0.3) is 5.69 Å². The zero-order chi connectivity index (χ0) is 10.6. The number of Topliss-reactive ketones (excluding diaryl/α,β-unsaturated/α-hetero) is 1. The van der Waals surface area contributed by atoms with Gasteiger partial charge in [-0.15, -0.1) is 6.58 Å². The first-order valence-corrected chi connectivity index (χ1v) is 4.04. The minimum absolute atomic E-state index is 0.116. The largest absolute Gasteiger partial charge is 0.294 e. The van der Waals surface area contributed by atoms with Gasteiger partial charge in [0.05, 0.1) is 10.5 Å². The summed E-state index contributed by atoms with van der Waals surface area (Å²) in [5.74, 6) is -0.285. The summed E-state index contributed by atoms with van der Waals surface area (Å²) in [5, 5.41) is 10.6. The van der Waals surface area contributed by atoms with Gasteiger partial charge in [-0.1, -0.05) is 18.2 Å². The summed E-state index contributed by atoms with van der Waals surface area (Å²) in [7, 11) is 0. The average molecular weight is 191 g/mol. The molecule has 0 N–H and O–H groups in total. The van der Waals surface area contributed by atoms with Crippen LogP contribution < -0.4 is 0 Å². The van der Waals surface area contributed by atoms with E-state index in [9.17, 15) is 14.9 Å². The molecule has 0 atom stereocenters. The summed E-state index contributed by atoms with van der Waals surface area (Å²) in [6.45, 7) is 3.41. The lowest BCUT2D eigenvalue weighted by Crippen LogP contribution is -2.02. The number of benzene rings is 1. The van der Waals surface area contributed by atoms with Crippen molar-refractivity contribution >= 4 is 11.5 Å². The maximum atomic E-state index is 11.4. The molecule has 0 aliphatic carbocycles. The van der Waals surface area contributed by atoms with Crippen molar-refractivity contribution in [3.63, 3.8) is 0 Å². The number of carbonyl (C=O) groups is 1. The van der Waals surface area contributed by atoms with E-state index < -0.39 is 4.92 Å². The summed E-state index contributed by atoms with van der Waals surface area (Å²) in [4.78, 5) is 21.4. The van der Waals surface area contributed by atoms with Crippen LogP contribution in [0.25, 0.3) is 0 Å². The highest BCUT2D eigenvalue weighted by Crippen LogP contribution is 2.19. The SMILES string of the molecule is C=CCC(=O)c1ccccc1[N+](=O)[O-]. The molecule has 14 heavy (non-hydrogen) atoms. The highest BCUT2D eigenvalue weighted by atomic mass is 16.6. The first-order valence-electron chi connectivity index (χ1n) is 4.04. The molecule has 0 amide bonds. The molecule has 0 radical (unpaired) electrons. The quantitative estimate of drug-likeness (QED) is 0.317. The molecule has 0 aliphatic heterocycles. The minimum Gasteiger partial charge on any atom is -0.294 e. The number of para-hydroxylation sites is 1. The van der Waals surface area contributed by atoms with Crippen LogP contribution in [-0.4, -0.2) is 10.7 Å². The van der Waals surface area contributed by atoms with E-state index in [1.807, 2.05) is 0 Å². The van der Waals surface area contributed by atoms with Crippen molar-refractivity contribution in [3.05, 3.63) is 52.6 Å². The normalized spacial score (nSPS) is 9.43. The smallest absolute Gasteiger partial charge is 0.280 e. The van der Waals surface area contributed by atoms with Crippen LogP contribution in [0.15, 0.2) is 36.9 Å². The number of hydrogen-bond donors (Lipinski definition) is 0.